The van der Waals surface area contributed by atoms with E-state index in [2.05, 4.69) is 13.8 Å². The Bertz CT molecular complexity index is 652. The molecule has 0 radical (unpaired) electrons. The zero-order valence-corrected chi connectivity index (χ0v) is 13.1. The summed E-state index contributed by atoms with van der Waals surface area (Å²) in [5, 5.41) is 11.2. The molecule has 0 saturated heterocycles. The Hall–Kier alpha value is -2.07. The molecule has 2 rings (SSSR count). The second-order valence-electron chi connectivity index (χ2n) is 5.94. The first-order chi connectivity index (χ1) is 10.5. The molecule has 0 aliphatic carbocycles. The van der Waals surface area contributed by atoms with Crippen molar-refractivity contribution in [3.8, 4) is 5.75 Å². The number of hydrogen-bond donors (Lipinski definition) is 2. The van der Waals surface area contributed by atoms with Gasteiger partial charge in [-0.15, -0.1) is 0 Å². The Labute approximate surface area is 130 Å². The van der Waals surface area contributed by atoms with Crippen LogP contribution in [0.3, 0.4) is 0 Å². The summed E-state index contributed by atoms with van der Waals surface area (Å²) in [6.45, 7) is 4.90. The zero-order valence-electron chi connectivity index (χ0n) is 13.1. The molecule has 4 nitrogen and oxygen atoms in total. The lowest BCUT2D eigenvalue weighted by molar-refractivity contribution is -0.138. The van der Waals surface area contributed by atoms with Gasteiger partial charge in [-0.05, 0) is 29.2 Å². The van der Waals surface area contributed by atoms with Gasteiger partial charge in [0.15, 0.2) is 0 Å². The van der Waals surface area contributed by atoms with E-state index in [4.69, 9.17) is 15.6 Å². The molecule has 22 heavy (non-hydrogen) atoms. The van der Waals surface area contributed by atoms with Gasteiger partial charge in [-0.2, -0.15) is 0 Å². The van der Waals surface area contributed by atoms with Gasteiger partial charge in [0.1, 0.15) is 11.8 Å². The molecule has 0 bridgehead atoms. The average molecular weight is 301 g/mol. The number of carbonyl (C=O) groups is 1. The molecule has 2 aromatic rings. The SMILES string of the molecule is CC(C)CCOc1ccc2ccccc2c1CC(N)C(=O)O. The van der Waals surface area contributed by atoms with E-state index in [-0.39, 0.29) is 6.42 Å². The summed E-state index contributed by atoms with van der Waals surface area (Å²) < 4.78 is 5.89. The Morgan fingerprint density at radius 2 is 1.95 bits per heavy atom. The molecule has 0 heterocycles. The molecule has 3 N–H and O–H groups in total. The lowest BCUT2D eigenvalue weighted by Gasteiger charge is -2.16. The first-order valence-electron chi connectivity index (χ1n) is 7.61. The number of ether oxygens (including phenoxy) is 1. The minimum atomic E-state index is -0.999. The highest BCUT2D eigenvalue weighted by Gasteiger charge is 2.17. The van der Waals surface area contributed by atoms with E-state index < -0.39 is 12.0 Å². The van der Waals surface area contributed by atoms with Crippen molar-refractivity contribution < 1.29 is 14.6 Å². The summed E-state index contributed by atoms with van der Waals surface area (Å²) in [7, 11) is 0. The summed E-state index contributed by atoms with van der Waals surface area (Å²) in [4.78, 5) is 11.1. The molecule has 0 aromatic heterocycles. The number of rotatable bonds is 7. The molecule has 4 heteroatoms. The largest absolute Gasteiger partial charge is 0.493 e. The van der Waals surface area contributed by atoms with Gasteiger partial charge in [0.05, 0.1) is 6.61 Å². The lowest BCUT2D eigenvalue weighted by atomic mass is 9.98. The van der Waals surface area contributed by atoms with Crippen LogP contribution in [0, 0.1) is 5.92 Å². The Kier molecular flexibility index (Phi) is 5.39. The molecule has 0 fully saturated rings. The van der Waals surface area contributed by atoms with Crippen molar-refractivity contribution >= 4 is 16.7 Å². The molecule has 1 unspecified atom stereocenters. The van der Waals surface area contributed by atoms with E-state index in [0.717, 1.165) is 28.5 Å². The Morgan fingerprint density at radius 1 is 1.23 bits per heavy atom. The van der Waals surface area contributed by atoms with Crippen molar-refractivity contribution in [1.29, 1.82) is 0 Å². The summed E-state index contributed by atoms with van der Waals surface area (Å²) in [5.74, 6) is 0.294. The second-order valence-corrected chi connectivity index (χ2v) is 5.94. The van der Waals surface area contributed by atoms with Gasteiger partial charge >= 0.3 is 5.97 Å². The quantitative estimate of drug-likeness (QED) is 0.823. The topological polar surface area (TPSA) is 72.5 Å². The van der Waals surface area contributed by atoms with Gasteiger partial charge < -0.3 is 15.6 Å². The molecule has 0 saturated carbocycles. The van der Waals surface area contributed by atoms with Crippen LogP contribution in [-0.4, -0.2) is 23.7 Å². The molecule has 2 aromatic carbocycles. The van der Waals surface area contributed by atoms with Gasteiger partial charge in [-0.3, -0.25) is 4.79 Å². The number of nitrogens with two attached hydrogens (primary N) is 1. The van der Waals surface area contributed by atoms with Crippen molar-refractivity contribution in [2.45, 2.75) is 32.7 Å². The van der Waals surface area contributed by atoms with Crippen molar-refractivity contribution in [3.05, 3.63) is 42.0 Å². The highest BCUT2D eigenvalue weighted by molar-refractivity contribution is 5.88. The van der Waals surface area contributed by atoms with Crippen LogP contribution in [0.25, 0.3) is 10.8 Å². The number of fused-ring (bicyclic) bond motifs is 1. The standard InChI is InChI=1S/C18H23NO3/c1-12(2)9-10-22-17-8-7-13-5-3-4-6-14(13)15(17)11-16(19)18(20)21/h3-8,12,16H,9-11,19H2,1-2H3,(H,20,21). The van der Waals surface area contributed by atoms with Crippen LogP contribution in [0.5, 0.6) is 5.75 Å². The summed E-state index contributed by atoms with van der Waals surface area (Å²) in [5.41, 5.74) is 6.60. The number of carboxylic acid groups (broad SMARTS) is 1. The highest BCUT2D eigenvalue weighted by Crippen LogP contribution is 2.29. The summed E-state index contributed by atoms with van der Waals surface area (Å²) >= 11 is 0. The number of aliphatic carboxylic acids is 1. The van der Waals surface area contributed by atoms with Crippen LogP contribution in [0.15, 0.2) is 36.4 Å². The van der Waals surface area contributed by atoms with Crippen LogP contribution >= 0.6 is 0 Å². The average Bonchev–Trinajstić information content (AvgIpc) is 2.48. The first kappa shape index (κ1) is 16.3. The molecule has 0 amide bonds. The molecular weight excluding hydrogens is 278 g/mol. The minimum absolute atomic E-state index is 0.258. The molecule has 0 spiro atoms. The summed E-state index contributed by atoms with van der Waals surface area (Å²) in [6.07, 6.45) is 1.21. The monoisotopic (exact) mass is 301 g/mol. The predicted molar refractivity (Wildman–Crippen MR) is 88.2 cm³/mol. The van der Waals surface area contributed by atoms with Gasteiger partial charge in [0, 0.05) is 12.0 Å². The van der Waals surface area contributed by atoms with Crippen LogP contribution < -0.4 is 10.5 Å². The van der Waals surface area contributed by atoms with E-state index in [1.54, 1.807) is 0 Å². The minimum Gasteiger partial charge on any atom is -0.493 e. The van der Waals surface area contributed by atoms with Gasteiger partial charge in [0.2, 0.25) is 0 Å². The molecule has 118 valence electrons. The normalized spacial score (nSPS) is 12.5. The smallest absolute Gasteiger partial charge is 0.320 e. The lowest BCUT2D eigenvalue weighted by Crippen LogP contribution is -2.32. The fourth-order valence-electron chi connectivity index (χ4n) is 2.37. The Balaban J connectivity index is 2.34. The van der Waals surface area contributed by atoms with E-state index in [1.165, 1.54) is 0 Å². The molecular formula is C18H23NO3. The van der Waals surface area contributed by atoms with Crippen molar-refractivity contribution in [1.82, 2.24) is 0 Å². The molecule has 0 aliphatic rings. The first-order valence-corrected chi connectivity index (χ1v) is 7.61. The third-order valence-corrected chi connectivity index (χ3v) is 3.69. The fourth-order valence-corrected chi connectivity index (χ4v) is 2.37. The fraction of sp³-hybridized carbons (Fsp3) is 0.389. The number of hydrogen-bond acceptors (Lipinski definition) is 3. The van der Waals surface area contributed by atoms with Crippen LogP contribution in [-0.2, 0) is 11.2 Å². The van der Waals surface area contributed by atoms with Gasteiger partial charge in [-0.1, -0.05) is 44.2 Å². The number of benzene rings is 2. The zero-order chi connectivity index (χ0) is 16.1. The van der Waals surface area contributed by atoms with Gasteiger partial charge in [-0.25, -0.2) is 0 Å². The van der Waals surface area contributed by atoms with Gasteiger partial charge in [0.25, 0.3) is 0 Å². The van der Waals surface area contributed by atoms with Crippen molar-refractivity contribution in [3.63, 3.8) is 0 Å². The van der Waals surface area contributed by atoms with Crippen molar-refractivity contribution in [2.24, 2.45) is 11.7 Å². The van der Waals surface area contributed by atoms with Crippen LogP contribution in [0.1, 0.15) is 25.8 Å². The summed E-state index contributed by atoms with van der Waals surface area (Å²) in [6, 6.07) is 10.9. The second kappa shape index (κ2) is 7.27. The van der Waals surface area contributed by atoms with Crippen LogP contribution in [0.2, 0.25) is 0 Å². The number of carboxylic acids is 1. The van der Waals surface area contributed by atoms with E-state index >= 15 is 0 Å². The van der Waals surface area contributed by atoms with E-state index in [0.29, 0.717) is 12.5 Å². The Morgan fingerprint density at radius 3 is 2.64 bits per heavy atom. The van der Waals surface area contributed by atoms with Crippen molar-refractivity contribution in [2.75, 3.05) is 6.61 Å². The predicted octanol–water partition coefficient (Wildman–Crippen LogP) is 3.22. The molecule has 0 aliphatic heterocycles. The highest BCUT2D eigenvalue weighted by atomic mass is 16.5. The van der Waals surface area contributed by atoms with E-state index in [1.807, 2.05) is 36.4 Å². The van der Waals surface area contributed by atoms with Crippen LogP contribution in [0.4, 0.5) is 0 Å². The third-order valence-electron chi connectivity index (χ3n) is 3.69. The third kappa shape index (κ3) is 3.98. The molecule has 1 atom stereocenters. The maximum Gasteiger partial charge on any atom is 0.320 e. The van der Waals surface area contributed by atoms with E-state index in [9.17, 15) is 4.79 Å². The maximum atomic E-state index is 11.1. The maximum absolute atomic E-state index is 11.1.